The Labute approximate surface area is 349 Å². The van der Waals surface area contributed by atoms with Gasteiger partial charge in [-0.3, -0.25) is 14.1 Å². The van der Waals surface area contributed by atoms with Gasteiger partial charge in [0.1, 0.15) is 36.8 Å². The maximum Gasteiger partial charge on any atom is 0.306 e. The van der Waals surface area contributed by atoms with Crippen molar-refractivity contribution in [1.82, 2.24) is 0 Å². The van der Waals surface area contributed by atoms with Gasteiger partial charge in [0.2, 0.25) is 0 Å². The van der Waals surface area contributed by atoms with E-state index in [4.69, 9.17) is 18.9 Å². The molecule has 4 N–H and O–H groups in total. The van der Waals surface area contributed by atoms with E-state index in [0.29, 0.717) is 12.8 Å². The van der Waals surface area contributed by atoms with E-state index in [1.54, 1.807) is 0 Å². The monoisotopic (exact) mass is 841 g/mol. The zero-order valence-corrected chi connectivity index (χ0v) is 36.2. The number of ether oxygens (including phenoxy) is 4. The van der Waals surface area contributed by atoms with Gasteiger partial charge in [0.05, 0.1) is 6.61 Å². The van der Waals surface area contributed by atoms with Gasteiger partial charge in [0.25, 0.3) is 10.1 Å². The summed E-state index contributed by atoms with van der Waals surface area (Å²) in [6, 6.07) is 0. The minimum Gasteiger partial charge on any atom is -0.462 e. The Morgan fingerprint density at radius 3 is 1.79 bits per heavy atom. The Hall–Kier alpha value is -2.61. The van der Waals surface area contributed by atoms with Gasteiger partial charge in [-0.2, -0.15) is 8.42 Å². The van der Waals surface area contributed by atoms with Crippen molar-refractivity contribution in [1.29, 1.82) is 0 Å². The van der Waals surface area contributed by atoms with Crippen LogP contribution in [0.3, 0.4) is 0 Å². The topological polar surface area (TPSA) is 186 Å². The summed E-state index contributed by atoms with van der Waals surface area (Å²) in [6.45, 7) is 3.58. The van der Waals surface area contributed by atoms with Crippen molar-refractivity contribution < 1.29 is 56.8 Å². The lowest BCUT2D eigenvalue weighted by Crippen LogP contribution is -2.60. The Morgan fingerprint density at radius 2 is 1.19 bits per heavy atom. The molecule has 1 heterocycles. The van der Waals surface area contributed by atoms with E-state index in [1.807, 2.05) is 0 Å². The maximum absolute atomic E-state index is 12.8. The van der Waals surface area contributed by atoms with E-state index >= 15 is 0 Å². The fourth-order valence-electron chi connectivity index (χ4n) is 6.26. The van der Waals surface area contributed by atoms with Crippen LogP contribution in [0.2, 0.25) is 0 Å². The molecule has 1 aliphatic heterocycles. The van der Waals surface area contributed by atoms with Crippen molar-refractivity contribution in [2.45, 2.75) is 198 Å². The summed E-state index contributed by atoms with van der Waals surface area (Å²) in [7, 11) is -4.61. The normalized spacial score (nSPS) is 20.4. The van der Waals surface area contributed by atoms with Crippen molar-refractivity contribution in [2.75, 3.05) is 19.0 Å². The van der Waals surface area contributed by atoms with E-state index < -0.39 is 71.2 Å². The molecular formula is C45H76O12S. The number of rotatable bonds is 35. The predicted molar refractivity (Wildman–Crippen MR) is 227 cm³/mol. The van der Waals surface area contributed by atoms with Gasteiger partial charge in [0.15, 0.2) is 12.4 Å². The lowest BCUT2D eigenvalue weighted by molar-refractivity contribution is -0.297. The van der Waals surface area contributed by atoms with Crippen molar-refractivity contribution >= 4 is 22.1 Å². The third-order valence-corrected chi connectivity index (χ3v) is 10.4. The summed E-state index contributed by atoms with van der Waals surface area (Å²) in [4.78, 5) is 25.4. The van der Waals surface area contributed by atoms with E-state index in [9.17, 15) is 37.9 Å². The molecule has 0 amide bonds. The zero-order chi connectivity index (χ0) is 42.7. The van der Waals surface area contributed by atoms with Crippen LogP contribution in [-0.2, 0) is 38.7 Å². The molecule has 0 spiro atoms. The molecule has 58 heavy (non-hydrogen) atoms. The van der Waals surface area contributed by atoms with Gasteiger partial charge >= 0.3 is 11.9 Å². The average Bonchev–Trinajstić information content (AvgIpc) is 3.18. The molecule has 0 bridgehead atoms. The molecule has 6 atom stereocenters. The van der Waals surface area contributed by atoms with Gasteiger partial charge in [-0.15, -0.1) is 5.73 Å². The molecule has 2 unspecified atom stereocenters. The Morgan fingerprint density at radius 1 is 0.655 bits per heavy atom. The standard InChI is InChI=1S/C45H76O12S/c1-3-5-7-9-11-13-15-17-19-21-23-25-27-29-31-33-40(46)54-35-38(36-55-45-44(50)43(49)42(48)39(57-45)37-58(51,52)53)56-41(47)34-32-30-28-26-24-22-20-18-16-14-12-10-8-6-4-2/h6,8,12,14-15,18-20,38-39,42-45,48-50H,3-5,7,9-11,13,16,21-37H2,1-2H3,(H,51,52,53)/b8-6+,14-12+,20-18+/t17?,38-,39-,42-,43?,44?,45+/m1/s1. The molecule has 0 saturated carbocycles. The average molecular weight is 841 g/mol. The molecule has 0 aromatic heterocycles. The van der Waals surface area contributed by atoms with E-state index in [-0.39, 0.29) is 19.4 Å². The molecule has 1 rings (SSSR count). The smallest absolute Gasteiger partial charge is 0.306 e. The fraction of sp³-hybridized carbons (Fsp3) is 0.756. The number of hydrogen-bond donors (Lipinski definition) is 4. The molecule has 0 aromatic rings. The quantitative estimate of drug-likeness (QED) is 0.0157. The molecule has 0 radical (unpaired) electrons. The molecule has 0 aromatic carbocycles. The highest BCUT2D eigenvalue weighted by atomic mass is 32.2. The van der Waals surface area contributed by atoms with Gasteiger partial charge in [-0.25, -0.2) is 0 Å². The Balaban J connectivity index is 2.50. The number of aliphatic hydroxyl groups is 3. The summed E-state index contributed by atoms with van der Waals surface area (Å²) in [5.41, 5.74) is 3.28. The summed E-state index contributed by atoms with van der Waals surface area (Å²) in [6.07, 6.45) is 29.4. The SMILES string of the molecule is CC/C=C/C/C=C/C/C=C/CCCCCCCC(=O)O[C@H](COC(=O)CCCCCCCC=C=CCCCCCCC)CO[C@H]1O[C@H](CS(=O)(=O)O)[C@@H](O)C(O)C1O. The van der Waals surface area contributed by atoms with Crippen LogP contribution in [0.5, 0.6) is 0 Å². The van der Waals surface area contributed by atoms with Crippen molar-refractivity contribution in [2.24, 2.45) is 0 Å². The molecule has 13 heteroatoms. The zero-order valence-electron chi connectivity index (χ0n) is 35.4. The number of esters is 2. The van der Waals surface area contributed by atoms with E-state index in [0.717, 1.165) is 89.9 Å². The molecule has 334 valence electrons. The van der Waals surface area contributed by atoms with Gasteiger partial charge in [-0.1, -0.05) is 115 Å². The first-order chi connectivity index (χ1) is 28.0. The van der Waals surface area contributed by atoms with Crippen LogP contribution in [0, 0.1) is 0 Å². The number of hydrogen-bond acceptors (Lipinski definition) is 11. The second-order valence-corrected chi connectivity index (χ2v) is 16.6. The molecule has 1 saturated heterocycles. The van der Waals surface area contributed by atoms with Crippen LogP contribution in [-0.4, -0.2) is 96.0 Å². The minimum absolute atomic E-state index is 0.138. The lowest BCUT2D eigenvalue weighted by Gasteiger charge is -2.40. The number of carbonyl (C=O) groups excluding carboxylic acids is 2. The minimum atomic E-state index is -4.61. The van der Waals surface area contributed by atoms with Crippen LogP contribution in [0.25, 0.3) is 0 Å². The number of carbonyl (C=O) groups is 2. The third kappa shape index (κ3) is 29.6. The summed E-state index contributed by atoms with van der Waals surface area (Å²) >= 11 is 0. The number of aliphatic hydroxyl groups excluding tert-OH is 3. The van der Waals surface area contributed by atoms with Crippen LogP contribution >= 0.6 is 0 Å². The van der Waals surface area contributed by atoms with Crippen molar-refractivity contribution in [3.05, 3.63) is 54.3 Å². The summed E-state index contributed by atoms with van der Waals surface area (Å²) in [5, 5.41) is 30.8. The fourth-order valence-corrected chi connectivity index (χ4v) is 6.95. The van der Waals surface area contributed by atoms with E-state index in [1.165, 1.54) is 32.1 Å². The van der Waals surface area contributed by atoms with Crippen LogP contribution in [0.15, 0.2) is 54.3 Å². The summed E-state index contributed by atoms with van der Waals surface area (Å²) < 4.78 is 54.0. The van der Waals surface area contributed by atoms with Crippen molar-refractivity contribution in [3.8, 4) is 0 Å². The maximum atomic E-state index is 12.8. The molecule has 1 aliphatic rings. The molecule has 12 nitrogen and oxygen atoms in total. The second kappa shape index (κ2) is 35.2. The lowest BCUT2D eigenvalue weighted by atomic mass is 10.00. The Bertz CT molecular complexity index is 1320. The number of unbranched alkanes of at least 4 members (excludes halogenated alkanes) is 15. The first kappa shape index (κ1) is 53.4. The highest BCUT2D eigenvalue weighted by Crippen LogP contribution is 2.24. The van der Waals surface area contributed by atoms with E-state index in [2.05, 4.69) is 68.2 Å². The summed E-state index contributed by atoms with van der Waals surface area (Å²) in [5.74, 6) is -2.04. The predicted octanol–water partition coefficient (Wildman–Crippen LogP) is 8.55. The van der Waals surface area contributed by atoms with Gasteiger partial charge in [0, 0.05) is 12.8 Å². The number of allylic oxidation sites excluding steroid dienone is 7. The first-order valence-corrected chi connectivity index (χ1v) is 23.5. The van der Waals surface area contributed by atoms with Crippen LogP contribution in [0.1, 0.15) is 162 Å². The van der Waals surface area contributed by atoms with Crippen molar-refractivity contribution in [3.63, 3.8) is 0 Å². The molecule has 0 aliphatic carbocycles. The highest BCUT2D eigenvalue weighted by Gasteiger charge is 2.46. The highest BCUT2D eigenvalue weighted by molar-refractivity contribution is 7.85. The molecule has 1 fully saturated rings. The first-order valence-electron chi connectivity index (χ1n) is 21.9. The Kier molecular flexibility index (Phi) is 32.4. The third-order valence-electron chi connectivity index (χ3n) is 9.67. The van der Waals surface area contributed by atoms with Gasteiger partial charge in [-0.05, 0) is 82.8 Å². The largest absolute Gasteiger partial charge is 0.462 e. The van der Waals surface area contributed by atoms with Gasteiger partial charge < -0.3 is 34.3 Å². The van der Waals surface area contributed by atoms with Crippen LogP contribution in [0.4, 0.5) is 0 Å². The second-order valence-electron chi connectivity index (χ2n) is 15.1. The van der Waals surface area contributed by atoms with Crippen LogP contribution < -0.4 is 0 Å². The molecular weight excluding hydrogens is 765 g/mol.